The van der Waals surface area contributed by atoms with Gasteiger partial charge in [0, 0.05) is 110 Å². The quantitative estimate of drug-likeness (QED) is 0.217. The Morgan fingerprint density at radius 1 is 0.500 bits per heavy atom. The Kier molecular flexibility index (Phi) is 380. The van der Waals surface area contributed by atoms with Crippen molar-refractivity contribution in [1.29, 1.82) is 0 Å². The van der Waals surface area contributed by atoms with Crippen molar-refractivity contribution < 1.29 is 110 Å². The van der Waals surface area contributed by atoms with Gasteiger partial charge in [-0.25, -0.2) is 0 Å². The van der Waals surface area contributed by atoms with Gasteiger partial charge in [-0.1, -0.05) is 0 Å². The Morgan fingerprint density at radius 2 is 0.500 bits per heavy atom. The van der Waals surface area contributed by atoms with Crippen LogP contribution >= 0.6 is 0 Å². The first kappa shape index (κ1) is 61.6. The Hall–Kier alpha value is 6.68. The maximum absolute atomic E-state index is 0. The molecule has 0 bridgehead atoms. The van der Waals surface area contributed by atoms with Crippen molar-refractivity contribution >= 4 is 90.5 Å². The fourth-order valence-electron chi connectivity index (χ4n) is 0. The van der Waals surface area contributed by atoms with E-state index in [0.717, 1.165) is 0 Å². The predicted octanol–water partition coefficient (Wildman–Crippen LogP) is -4.21. The van der Waals surface area contributed by atoms with Crippen molar-refractivity contribution in [1.82, 2.24) is 0 Å². The van der Waals surface area contributed by atoms with E-state index in [4.69, 9.17) is 0 Å². The average Bonchev–Trinajstić information content (AvgIpc) is 0. The molecule has 0 aliphatic heterocycles. The fourth-order valence-corrected chi connectivity index (χ4v) is 0. The van der Waals surface area contributed by atoms with E-state index >= 15 is 0 Å². The van der Waals surface area contributed by atoms with E-state index in [0.29, 0.717) is 0 Å². The average molecular weight is 1200 g/mol. The molecule has 4 radical (unpaired) electrons. The van der Waals surface area contributed by atoms with Crippen LogP contribution in [-0.4, -0.2) is 90.5 Å². The molecule has 8 heteroatoms. The van der Waals surface area contributed by atoms with Gasteiger partial charge in [0.1, 0.15) is 0 Å². The second kappa shape index (κ2) is 49.3. The van der Waals surface area contributed by atoms with Crippen molar-refractivity contribution in [2.75, 3.05) is 0 Å². The molecule has 0 fully saturated rings. The molecule has 0 aromatic carbocycles. The van der Waals surface area contributed by atoms with Crippen LogP contribution in [0.5, 0.6) is 0 Å². The first-order chi connectivity index (χ1) is 0. The van der Waals surface area contributed by atoms with Crippen LogP contribution in [0.1, 0.15) is 0 Å². The van der Waals surface area contributed by atoms with E-state index in [9.17, 15) is 0 Å². The zero-order valence-electron chi connectivity index (χ0n) is 5.66. The minimum atomic E-state index is 0. The van der Waals surface area contributed by atoms with Gasteiger partial charge in [-0.2, -0.15) is 0 Å². The van der Waals surface area contributed by atoms with Crippen molar-refractivity contribution in [3.8, 4) is 0 Å². The Morgan fingerprint density at radius 3 is 0.500 bits per heavy atom. The van der Waals surface area contributed by atoms with Crippen LogP contribution in [-0.2, 0) is 110 Å². The zero-order valence-corrected chi connectivity index (χ0v) is 41.7. The second-order valence-corrected chi connectivity index (χ2v) is 0. The molecule has 0 saturated heterocycles. The van der Waals surface area contributed by atoms with Gasteiger partial charge in [-0.15, -0.1) is 0 Å². The van der Waals surface area contributed by atoms with Gasteiger partial charge in [-0.05, 0) is 0 Å². The van der Waals surface area contributed by atoms with Crippen molar-refractivity contribution in [2.45, 2.75) is 0 Å². The maximum atomic E-state index is 0. The standard InChI is InChI=1S/2AsH3.2Cd.2Hg.2Pb.4H/h2*1H3;;;;;;;;;;. The van der Waals surface area contributed by atoms with Crippen LogP contribution in [0.2, 0.25) is 0 Å². The van der Waals surface area contributed by atoms with Crippen LogP contribution in [0.15, 0.2) is 0 Å². The molecule has 0 rings (SSSR count). The van der Waals surface area contributed by atoms with Crippen LogP contribution < -0.4 is 0 Å². The Labute approximate surface area is 195 Å². The van der Waals surface area contributed by atoms with E-state index in [2.05, 4.69) is 0 Å². The molecule has 36 valence electrons. The molecule has 0 aliphatic rings. The van der Waals surface area contributed by atoms with Crippen molar-refractivity contribution in [2.24, 2.45) is 0 Å². The van der Waals surface area contributed by atoms with Gasteiger partial charge in [0.2, 0.25) is 0 Å². The van der Waals surface area contributed by atoms with E-state index < -0.39 is 0 Å². The van der Waals surface area contributed by atoms with E-state index in [1.807, 2.05) is 0 Å². The molecule has 0 N–H and O–H groups in total. The molecule has 8 heavy (non-hydrogen) atoms. The summed E-state index contributed by atoms with van der Waals surface area (Å²) in [5, 5.41) is 0. The fraction of sp³-hybridized carbons (Fsp3) is 0. The molecule has 0 amide bonds. The van der Waals surface area contributed by atoms with E-state index in [1.54, 1.807) is 0 Å². The van der Waals surface area contributed by atoms with Crippen molar-refractivity contribution in [3.05, 3.63) is 0 Å². The summed E-state index contributed by atoms with van der Waals surface area (Å²) in [4.78, 5) is 0. The number of hydrogen-bond acceptors (Lipinski definition) is 0. The molecular weight excluding hydrogens is 1190 g/mol. The minimum absolute atomic E-state index is 0. The molecule has 0 aromatic rings. The molecule has 2 atom stereocenters. The summed E-state index contributed by atoms with van der Waals surface area (Å²) in [7, 11) is 0. The number of hydrogen-bond donors (Lipinski definition) is 0. The molecule has 2 unspecified atom stereocenters. The normalized spacial score (nSPS) is 0. The Bertz CT molecular complexity index is 16.0. The third-order valence-electron chi connectivity index (χ3n) is 0. The SMILES string of the molecule is [AsH3].[AsH3].[Cd].[Cd].[Hg].[Hg].[PbH2].[PbH2]. The van der Waals surface area contributed by atoms with Gasteiger partial charge in [-0.3, -0.25) is 0 Å². The molecule has 0 spiro atoms. The molecular formula is H10As2Cd2Hg2Pb2. The topological polar surface area (TPSA) is 0 Å². The van der Waals surface area contributed by atoms with Gasteiger partial charge >= 0.3 is 90.5 Å². The molecule has 0 heterocycles. The van der Waals surface area contributed by atoms with Crippen LogP contribution in [0.4, 0.5) is 0 Å². The van der Waals surface area contributed by atoms with Crippen LogP contribution in [0.25, 0.3) is 0 Å². The summed E-state index contributed by atoms with van der Waals surface area (Å²) < 4.78 is 0. The summed E-state index contributed by atoms with van der Waals surface area (Å²) in [6.07, 6.45) is 0. The summed E-state index contributed by atoms with van der Waals surface area (Å²) in [5.74, 6) is 0. The summed E-state index contributed by atoms with van der Waals surface area (Å²) in [6.45, 7) is 0. The summed E-state index contributed by atoms with van der Waals surface area (Å²) in [6, 6.07) is 0. The van der Waals surface area contributed by atoms with E-state index in [1.165, 1.54) is 0 Å². The second-order valence-electron chi connectivity index (χ2n) is 0. The van der Waals surface area contributed by atoms with Crippen LogP contribution in [0, 0.1) is 0 Å². The molecule has 0 nitrogen and oxygen atoms in total. The zero-order chi connectivity index (χ0) is 0. The van der Waals surface area contributed by atoms with Gasteiger partial charge in [0.15, 0.2) is 0 Å². The summed E-state index contributed by atoms with van der Waals surface area (Å²) in [5.41, 5.74) is 0. The monoisotopic (exact) mass is 1210 g/mol. The van der Waals surface area contributed by atoms with Gasteiger partial charge in [0.25, 0.3) is 0 Å². The first-order valence-electron chi connectivity index (χ1n) is 0. The third-order valence-corrected chi connectivity index (χ3v) is 0. The van der Waals surface area contributed by atoms with Gasteiger partial charge in [0.05, 0.1) is 0 Å². The van der Waals surface area contributed by atoms with Crippen LogP contribution in [0.3, 0.4) is 0 Å². The molecule has 0 aliphatic carbocycles. The van der Waals surface area contributed by atoms with Crippen molar-refractivity contribution in [3.63, 3.8) is 0 Å². The van der Waals surface area contributed by atoms with Gasteiger partial charge < -0.3 is 0 Å². The Balaban J connectivity index is 0. The first-order valence-corrected chi connectivity index (χ1v) is 0. The summed E-state index contributed by atoms with van der Waals surface area (Å²) >= 11 is 0. The number of rotatable bonds is 0. The molecule has 0 saturated carbocycles. The van der Waals surface area contributed by atoms with E-state index in [-0.39, 0.29) is 200 Å². The predicted molar refractivity (Wildman–Crippen MR) is 37.0 cm³/mol. The molecule has 0 aromatic heterocycles. The third kappa shape index (κ3) is 38.8.